The monoisotopic (exact) mass is 383 g/mol. The van der Waals surface area contributed by atoms with Gasteiger partial charge >= 0.3 is 0 Å². The molecule has 0 unspecified atom stereocenters. The largest absolute Gasteiger partial charge is 0.342 e. The highest BCUT2D eigenvalue weighted by atomic mass is 16.5. The molecular formula is C20H25N5O3. The van der Waals surface area contributed by atoms with Crippen LogP contribution in [-0.4, -0.2) is 62.4 Å². The van der Waals surface area contributed by atoms with Crippen LogP contribution in [0.25, 0.3) is 11.6 Å². The third kappa shape index (κ3) is 3.63. The fourth-order valence-corrected chi connectivity index (χ4v) is 4.04. The Morgan fingerprint density at radius 3 is 2.86 bits per heavy atom. The Balaban J connectivity index is 1.43. The number of rotatable bonds is 4. The molecule has 2 aliphatic rings. The lowest BCUT2D eigenvalue weighted by Gasteiger charge is -2.33. The van der Waals surface area contributed by atoms with E-state index in [1.54, 1.807) is 11.1 Å². The SMILES string of the molecule is CC(C)N1C[C@@H](C(=O)N2CCC[C@H](c3noc(-c4ccccn4)n3)C2)CC1=O. The number of hydrogen-bond donors (Lipinski definition) is 0. The van der Waals surface area contributed by atoms with Gasteiger partial charge < -0.3 is 14.3 Å². The number of amides is 2. The second-order valence-corrected chi connectivity index (χ2v) is 7.84. The minimum absolute atomic E-state index is 0.0391. The molecule has 4 rings (SSSR count). The van der Waals surface area contributed by atoms with Crippen LogP contribution in [-0.2, 0) is 9.59 Å². The van der Waals surface area contributed by atoms with Gasteiger partial charge in [0.05, 0.1) is 5.92 Å². The Bertz CT molecular complexity index is 851. The lowest BCUT2D eigenvalue weighted by atomic mass is 9.95. The number of pyridine rings is 1. The standard InChI is InChI=1S/C20H25N5O3/c1-13(2)25-12-15(10-17(25)26)20(27)24-9-5-6-14(11-24)18-22-19(28-23-18)16-7-3-4-8-21-16/h3-4,7-8,13-15H,5-6,9-12H2,1-2H3/t14-,15-/m0/s1. The smallest absolute Gasteiger partial charge is 0.276 e. The predicted molar refractivity (Wildman–Crippen MR) is 101 cm³/mol. The zero-order valence-electron chi connectivity index (χ0n) is 16.2. The Morgan fingerprint density at radius 2 is 2.14 bits per heavy atom. The number of carbonyl (C=O) groups is 2. The molecule has 8 heteroatoms. The molecule has 0 aliphatic carbocycles. The van der Waals surface area contributed by atoms with Crippen molar-refractivity contribution in [3.63, 3.8) is 0 Å². The Kier molecular flexibility index (Phi) is 5.11. The number of nitrogens with zero attached hydrogens (tertiary/aromatic N) is 5. The number of piperidine rings is 1. The molecule has 2 aromatic rings. The average Bonchev–Trinajstić information content (AvgIpc) is 3.35. The first-order valence-electron chi connectivity index (χ1n) is 9.86. The molecule has 0 saturated carbocycles. The van der Waals surface area contributed by atoms with E-state index in [1.165, 1.54) is 0 Å². The summed E-state index contributed by atoms with van der Waals surface area (Å²) in [6.07, 6.45) is 3.79. The van der Waals surface area contributed by atoms with E-state index in [0.717, 1.165) is 12.8 Å². The fourth-order valence-electron chi connectivity index (χ4n) is 4.04. The van der Waals surface area contributed by atoms with Gasteiger partial charge in [0.1, 0.15) is 5.69 Å². The van der Waals surface area contributed by atoms with Crippen molar-refractivity contribution in [1.82, 2.24) is 24.9 Å². The molecule has 0 aromatic carbocycles. The molecule has 2 aromatic heterocycles. The first kappa shape index (κ1) is 18.6. The summed E-state index contributed by atoms with van der Waals surface area (Å²) in [4.78, 5) is 37.5. The van der Waals surface area contributed by atoms with Crippen molar-refractivity contribution in [3.8, 4) is 11.6 Å². The van der Waals surface area contributed by atoms with Crippen LogP contribution >= 0.6 is 0 Å². The lowest BCUT2D eigenvalue weighted by Crippen LogP contribution is -2.43. The normalized spacial score (nSPS) is 22.9. The van der Waals surface area contributed by atoms with Crippen molar-refractivity contribution in [3.05, 3.63) is 30.2 Å². The molecule has 4 heterocycles. The molecule has 8 nitrogen and oxygen atoms in total. The van der Waals surface area contributed by atoms with Gasteiger partial charge in [-0.3, -0.25) is 14.6 Å². The summed E-state index contributed by atoms with van der Waals surface area (Å²) in [6.45, 7) is 5.76. The van der Waals surface area contributed by atoms with Crippen molar-refractivity contribution in [1.29, 1.82) is 0 Å². The molecule has 0 spiro atoms. The van der Waals surface area contributed by atoms with Crippen molar-refractivity contribution in [2.45, 2.75) is 45.1 Å². The molecular weight excluding hydrogens is 358 g/mol. The van der Waals surface area contributed by atoms with Crippen LogP contribution in [0.15, 0.2) is 28.9 Å². The van der Waals surface area contributed by atoms with Gasteiger partial charge in [0.15, 0.2) is 5.82 Å². The Labute approximate surface area is 163 Å². The molecule has 2 atom stereocenters. The predicted octanol–water partition coefficient (Wildman–Crippen LogP) is 2.09. The molecule has 148 valence electrons. The van der Waals surface area contributed by atoms with Crippen LogP contribution in [0.4, 0.5) is 0 Å². The van der Waals surface area contributed by atoms with Crippen molar-refractivity contribution >= 4 is 11.8 Å². The summed E-state index contributed by atoms with van der Waals surface area (Å²) in [7, 11) is 0. The quantitative estimate of drug-likeness (QED) is 0.803. The maximum Gasteiger partial charge on any atom is 0.276 e. The van der Waals surface area contributed by atoms with Crippen LogP contribution < -0.4 is 0 Å². The first-order chi connectivity index (χ1) is 13.5. The number of likely N-dealkylation sites (tertiary alicyclic amines) is 2. The van der Waals surface area contributed by atoms with Crippen LogP contribution in [0.2, 0.25) is 0 Å². The van der Waals surface area contributed by atoms with E-state index in [2.05, 4.69) is 15.1 Å². The molecule has 2 fully saturated rings. The Hall–Kier alpha value is -2.77. The maximum absolute atomic E-state index is 13.0. The third-order valence-corrected chi connectivity index (χ3v) is 5.55. The molecule has 2 aliphatic heterocycles. The van der Waals surface area contributed by atoms with Gasteiger partial charge in [-0.25, -0.2) is 0 Å². The molecule has 0 N–H and O–H groups in total. The summed E-state index contributed by atoms with van der Waals surface area (Å²) in [5.74, 6) is 0.937. The third-order valence-electron chi connectivity index (χ3n) is 5.55. The highest BCUT2D eigenvalue weighted by Crippen LogP contribution is 2.29. The van der Waals surface area contributed by atoms with Crippen molar-refractivity contribution < 1.29 is 14.1 Å². The first-order valence-corrected chi connectivity index (χ1v) is 9.86. The minimum Gasteiger partial charge on any atom is -0.342 e. The van der Waals surface area contributed by atoms with Gasteiger partial charge in [-0.2, -0.15) is 4.98 Å². The maximum atomic E-state index is 13.0. The van der Waals surface area contributed by atoms with Gasteiger partial charge in [0.2, 0.25) is 11.8 Å². The van der Waals surface area contributed by atoms with E-state index < -0.39 is 0 Å². The lowest BCUT2D eigenvalue weighted by molar-refractivity contribution is -0.137. The number of hydrogen-bond acceptors (Lipinski definition) is 6. The van der Waals surface area contributed by atoms with E-state index in [1.807, 2.05) is 36.9 Å². The summed E-state index contributed by atoms with van der Waals surface area (Å²) in [5.41, 5.74) is 0.642. The molecule has 0 bridgehead atoms. The molecule has 28 heavy (non-hydrogen) atoms. The van der Waals surface area contributed by atoms with E-state index in [-0.39, 0.29) is 29.7 Å². The van der Waals surface area contributed by atoms with E-state index in [9.17, 15) is 9.59 Å². The zero-order chi connectivity index (χ0) is 19.7. The molecule has 2 amide bonds. The highest BCUT2D eigenvalue weighted by Gasteiger charge is 2.39. The van der Waals surface area contributed by atoms with Gasteiger partial charge in [-0.15, -0.1) is 0 Å². The number of aromatic nitrogens is 3. The fraction of sp³-hybridized carbons (Fsp3) is 0.550. The van der Waals surface area contributed by atoms with Gasteiger partial charge in [0, 0.05) is 44.2 Å². The summed E-state index contributed by atoms with van der Waals surface area (Å²) in [5, 5.41) is 4.13. The van der Waals surface area contributed by atoms with E-state index in [0.29, 0.717) is 43.5 Å². The zero-order valence-corrected chi connectivity index (χ0v) is 16.2. The van der Waals surface area contributed by atoms with Gasteiger partial charge in [0.25, 0.3) is 5.89 Å². The van der Waals surface area contributed by atoms with Crippen LogP contribution in [0.5, 0.6) is 0 Å². The van der Waals surface area contributed by atoms with Crippen LogP contribution in [0.3, 0.4) is 0 Å². The molecule has 2 saturated heterocycles. The van der Waals surface area contributed by atoms with Crippen LogP contribution in [0, 0.1) is 5.92 Å². The van der Waals surface area contributed by atoms with E-state index >= 15 is 0 Å². The van der Waals surface area contributed by atoms with E-state index in [4.69, 9.17) is 4.52 Å². The average molecular weight is 383 g/mol. The topological polar surface area (TPSA) is 92.4 Å². The Morgan fingerprint density at radius 1 is 1.29 bits per heavy atom. The highest BCUT2D eigenvalue weighted by molar-refractivity contribution is 5.89. The summed E-state index contributed by atoms with van der Waals surface area (Å²) in [6, 6.07) is 5.66. The van der Waals surface area contributed by atoms with Gasteiger partial charge in [-0.05, 0) is 38.8 Å². The van der Waals surface area contributed by atoms with Gasteiger partial charge in [-0.1, -0.05) is 11.2 Å². The minimum atomic E-state index is -0.247. The van der Waals surface area contributed by atoms with Crippen molar-refractivity contribution in [2.75, 3.05) is 19.6 Å². The second-order valence-electron chi connectivity index (χ2n) is 7.84. The number of carbonyl (C=O) groups excluding carboxylic acids is 2. The van der Waals surface area contributed by atoms with Crippen molar-refractivity contribution in [2.24, 2.45) is 5.92 Å². The summed E-state index contributed by atoms with van der Waals surface area (Å²) >= 11 is 0. The summed E-state index contributed by atoms with van der Waals surface area (Å²) < 4.78 is 5.38. The van der Waals surface area contributed by atoms with Crippen LogP contribution in [0.1, 0.15) is 44.9 Å². The second kappa shape index (κ2) is 7.69. The molecule has 0 radical (unpaired) electrons.